The first-order valence-electron chi connectivity index (χ1n) is 9.51. The number of rotatable bonds is 6. The summed E-state index contributed by atoms with van der Waals surface area (Å²) in [5.41, 5.74) is 9.33. The molecular weight excluding hydrogens is 334 g/mol. The number of hydrogen-bond acceptors (Lipinski definition) is 3. The fourth-order valence-electron chi connectivity index (χ4n) is 3.42. The van der Waals surface area contributed by atoms with Crippen molar-refractivity contribution in [1.29, 1.82) is 0 Å². The molecule has 0 aliphatic carbocycles. The maximum absolute atomic E-state index is 6.19. The van der Waals surface area contributed by atoms with E-state index in [1.54, 1.807) is 0 Å². The second-order valence-electron chi connectivity index (χ2n) is 6.99. The lowest BCUT2D eigenvalue weighted by atomic mass is 10.0. The van der Waals surface area contributed by atoms with Crippen LogP contribution < -0.4 is 10.1 Å². The van der Waals surface area contributed by atoms with E-state index >= 15 is 0 Å². The summed E-state index contributed by atoms with van der Waals surface area (Å²) in [5.74, 6) is 0.907. The Hall–Kier alpha value is -2.75. The number of nitrogens with one attached hydrogen (secondary N) is 1. The van der Waals surface area contributed by atoms with Crippen LogP contribution in [0.5, 0.6) is 5.75 Å². The van der Waals surface area contributed by atoms with E-state index in [1.165, 1.54) is 22.4 Å². The summed E-state index contributed by atoms with van der Waals surface area (Å²) in [6, 6.07) is 12.6. The molecule has 0 bridgehead atoms. The molecule has 1 heterocycles. The van der Waals surface area contributed by atoms with E-state index in [9.17, 15) is 0 Å². The average molecular weight is 364 g/mol. The van der Waals surface area contributed by atoms with Gasteiger partial charge in [-0.3, -0.25) is 0 Å². The summed E-state index contributed by atoms with van der Waals surface area (Å²) in [6.07, 6.45) is 0.989. The van der Waals surface area contributed by atoms with Crippen molar-refractivity contribution < 1.29 is 4.74 Å². The minimum Gasteiger partial charge on any atom is -0.489 e. The highest BCUT2D eigenvalue weighted by atomic mass is 16.5. The van der Waals surface area contributed by atoms with Gasteiger partial charge in [0.15, 0.2) is 0 Å². The Morgan fingerprint density at radius 1 is 1.07 bits per heavy atom. The van der Waals surface area contributed by atoms with Crippen LogP contribution in [0.1, 0.15) is 40.6 Å². The fourth-order valence-corrected chi connectivity index (χ4v) is 3.42. The topological polar surface area (TPSA) is 39.1 Å². The van der Waals surface area contributed by atoms with Crippen molar-refractivity contribution in [3.63, 3.8) is 0 Å². The normalized spacial score (nSPS) is 10.9. The molecule has 4 nitrogen and oxygen atoms in total. The molecule has 0 amide bonds. The highest BCUT2D eigenvalue weighted by molar-refractivity contribution is 5.54. The third kappa shape index (κ3) is 3.70. The Morgan fingerprint density at radius 2 is 1.85 bits per heavy atom. The molecule has 0 aliphatic heterocycles. The van der Waals surface area contributed by atoms with Gasteiger partial charge in [-0.05, 0) is 75.1 Å². The maximum Gasteiger partial charge on any atom is 0.122 e. The molecule has 1 N–H and O–H groups in total. The summed E-state index contributed by atoms with van der Waals surface area (Å²) in [4.78, 5) is 0. The van der Waals surface area contributed by atoms with Crippen molar-refractivity contribution in [2.24, 2.45) is 0 Å². The zero-order chi connectivity index (χ0) is 19.6. The zero-order valence-corrected chi connectivity index (χ0v) is 17.2. The van der Waals surface area contributed by atoms with Gasteiger partial charge in [-0.2, -0.15) is 5.10 Å². The van der Waals surface area contributed by atoms with E-state index in [1.807, 2.05) is 24.7 Å². The quantitative estimate of drug-likeness (QED) is 0.647. The van der Waals surface area contributed by atoms with E-state index in [4.69, 9.17) is 4.74 Å². The smallest absolute Gasteiger partial charge is 0.122 e. The van der Waals surface area contributed by atoms with Gasteiger partial charge in [0.05, 0.1) is 11.4 Å². The Balaban J connectivity index is 1.85. The van der Waals surface area contributed by atoms with Crippen LogP contribution in [-0.2, 0) is 13.0 Å². The van der Waals surface area contributed by atoms with E-state index in [0.717, 1.165) is 34.8 Å². The van der Waals surface area contributed by atoms with Gasteiger partial charge in [0.1, 0.15) is 12.4 Å². The molecule has 3 aromatic rings. The van der Waals surface area contributed by atoms with Gasteiger partial charge in [-0.25, -0.2) is 4.68 Å². The fraction of sp³-hybridized carbons (Fsp3) is 0.348. The van der Waals surface area contributed by atoms with Gasteiger partial charge in [-0.1, -0.05) is 19.1 Å². The van der Waals surface area contributed by atoms with E-state index in [2.05, 4.69) is 68.4 Å². The lowest BCUT2D eigenvalue weighted by Gasteiger charge is -2.16. The van der Waals surface area contributed by atoms with Gasteiger partial charge in [-0.15, -0.1) is 0 Å². The number of benzene rings is 2. The van der Waals surface area contributed by atoms with Crippen LogP contribution >= 0.6 is 0 Å². The molecule has 0 unspecified atom stereocenters. The molecule has 3 rings (SSSR count). The van der Waals surface area contributed by atoms with Gasteiger partial charge < -0.3 is 10.1 Å². The molecule has 0 radical (unpaired) electrons. The molecule has 0 aliphatic rings. The number of anilines is 1. The first kappa shape index (κ1) is 19.0. The Kier molecular flexibility index (Phi) is 5.54. The summed E-state index contributed by atoms with van der Waals surface area (Å²) < 4.78 is 8.20. The molecule has 0 saturated carbocycles. The lowest BCUT2D eigenvalue weighted by Crippen LogP contribution is -2.06. The summed E-state index contributed by atoms with van der Waals surface area (Å²) >= 11 is 0. The van der Waals surface area contributed by atoms with E-state index in [0.29, 0.717) is 6.61 Å². The SMILES string of the molecule is CCc1cccc(NC)c1COc1ccc(-n2nc(C)c(C)c2C)cc1C. The molecule has 0 saturated heterocycles. The number of ether oxygens (including phenoxy) is 1. The standard InChI is InChI=1S/C23H29N3O/c1-7-19-9-8-10-22(24-6)21(19)14-27-23-12-11-20(13-15(23)2)26-18(5)16(3)17(4)25-26/h8-13,24H,7,14H2,1-6H3. The van der Waals surface area contributed by atoms with Gasteiger partial charge in [0.25, 0.3) is 0 Å². The van der Waals surface area contributed by atoms with Crippen LogP contribution in [0.2, 0.25) is 0 Å². The van der Waals surface area contributed by atoms with Crippen LogP contribution in [0.25, 0.3) is 5.69 Å². The third-order valence-corrected chi connectivity index (χ3v) is 5.35. The second-order valence-corrected chi connectivity index (χ2v) is 6.99. The number of aryl methyl sites for hydroxylation is 3. The molecule has 2 aromatic carbocycles. The number of aromatic nitrogens is 2. The average Bonchev–Trinajstić information content (AvgIpc) is 2.94. The summed E-state index contributed by atoms with van der Waals surface area (Å²) in [6.45, 7) is 11.1. The molecule has 0 spiro atoms. The van der Waals surface area contributed by atoms with Crippen LogP contribution in [0.4, 0.5) is 5.69 Å². The molecule has 0 atom stereocenters. The van der Waals surface area contributed by atoms with Crippen molar-refractivity contribution in [3.05, 3.63) is 70.0 Å². The maximum atomic E-state index is 6.19. The molecule has 142 valence electrons. The molecular formula is C23H29N3O. The minimum atomic E-state index is 0.555. The van der Waals surface area contributed by atoms with Crippen LogP contribution in [0, 0.1) is 27.7 Å². The lowest BCUT2D eigenvalue weighted by molar-refractivity contribution is 0.303. The van der Waals surface area contributed by atoms with Gasteiger partial charge >= 0.3 is 0 Å². The predicted octanol–water partition coefficient (Wildman–Crippen LogP) is 5.29. The molecule has 4 heteroatoms. The minimum absolute atomic E-state index is 0.555. The van der Waals surface area contributed by atoms with Crippen molar-refractivity contribution in [2.45, 2.75) is 47.6 Å². The van der Waals surface area contributed by atoms with Crippen molar-refractivity contribution >= 4 is 5.69 Å². The Labute approximate surface area is 162 Å². The molecule has 1 aromatic heterocycles. The van der Waals surface area contributed by atoms with Crippen LogP contribution in [0.15, 0.2) is 36.4 Å². The largest absolute Gasteiger partial charge is 0.489 e. The first-order chi connectivity index (χ1) is 13.0. The van der Waals surface area contributed by atoms with Crippen molar-refractivity contribution in [3.8, 4) is 11.4 Å². The Morgan fingerprint density at radius 3 is 2.44 bits per heavy atom. The summed E-state index contributed by atoms with van der Waals surface area (Å²) in [7, 11) is 1.95. The second kappa shape index (κ2) is 7.87. The molecule has 0 fully saturated rings. The van der Waals surface area contributed by atoms with Gasteiger partial charge in [0, 0.05) is 24.0 Å². The molecule has 27 heavy (non-hydrogen) atoms. The number of hydrogen-bond donors (Lipinski definition) is 1. The van der Waals surface area contributed by atoms with Crippen LogP contribution in [0.3, 0.4) is 0 Å². The zero-order valence-electron chi connectivity index (χ0n) is 17.2. The predicted molar refractivity (Wildman–Crippen MR) is 112 cm³/mol. The van der Waals surface area contributed by atoms with Gasteiger partial charge in [0.2, 0.25) is 0 Å². The van der Waals surface area contributed by atoms with Crippen molar-refractivity contribution in [2.75, 3.05) is 12.4 Å². The number of nitrogens with zero attached hydrogens (tertiary/aromatic N) is 2. The van der Waals surface area contributed by atoms with Crippen molar-refractivity contribution in [1.82, 2.24) is 9.78 Å². The van der Waals surface area contributed by atoms with E-state index < -0.39 is 0 Å². The Bertz CT molecular complexity index is 934. The van der Waals surface area contributed by atoms with E-state index in [-0.39, 0.29) is 0 Å². The highest BCUT2D eigenvalue weighted by Gasteiger charge is 2.12. The third-order valence-electron chi connectivity index (χ3n) is 5.35. The summed E-state index contributed by atoms with van der Waals surface area (Å²) in [5, 5.41) is 7.93. The highest BCUT2D eigenvalue weighted by Crippen LogP contribution is 2.27. The first-order valence-corrected chi connectivity index (χ1v) is 9.51. The van der Waals surface area contributed by atoms with Crippen LogP contribution in [-0.4, -0.2) is 16.8 Å². The monoisotopic (exact) mass is 363 g/mol.